The molecular formula is C7H4Cl2F3NO. The summed E-state index contributed by atoms with van der Waals surface area (Å²) >= 11 is 10.9. The highest BCUT2D eigenvalue weighted by molar-refractivity contribution is 6.33. The van der Waals surface area contributed by atoms with Crippen LogP contribution in [0.3, 0.4) is 0 Å². The Labute approximate surface area is 87.6 Å². The van der Waals surface area contributed by atoms with Crippen LogP contribution in [-0.4, -0.2) is 17.8 Å². The Kier molecular flexibility index (Phi) is 3.44. The quantitative estimate of drug-likeness (QED) is 0.746. The number of ether oxygens (including phenoxy) is 1. The van der Waals surface area contributed by atoms with Gasteiger partial charge in [-0.1, -0.05) is 23.2 Å². The van der Waals surface area contributed by atoms with Gasteiger partial charge in [-0.2, -0.15) is 13.2 Å². The van der Waals surface area contributed by atoms with Crippen molar-refractivity contribution < 1.29 is 17.9 Å². The molecule has 0 aromatic carbocycles. The highest BCUT2D eigenvalue weighted by Crippen LogP contribution is 2.26. The second-order valence-electron chi connectivity index (χ2n) is 2.35. The first-order chi connectivity index (χ1) is 6.38. The number of alkyl halides is 3. The van der Waals surface area contributed by atoms with Gasteiger partial charge in [-0.15, -0.1) is 0 Å². The summed E-state index contributed by atoms with van der Waals surface area (Å²) in [4.78, 5) is 3.52. The fraction of sp³-hybridized carbons (Fsp3) is 0.286. The second-order valence-corrected chi connectivity index (χ2v) is 3.14. The van der Waals surface area contributed by atoms with Crippen LogP contribution >= 0.6 is 23.2 Å². The van der Waals surface area contributed by atoms with Crippen molar-refractivity contribution in [3.8, 4) is 5.75 Å². The maximum atomic E-state index is 11.8. The van der Waals surface area contributed by atoms with E-state index in [1.54, 1.807) is 0 Å². The topological polar surface area (TPSA) is 22.1 Å². The maximum Gasteiger partial charge on any atom is 0.422 e. The number of aromatic nitrogens is 1. The van der Waals surface area contributed by atoms with Crippen LogP contribution in [0.2, 0.25) is 10.2 Å². The summed E-state index contributed by atoms with van der Waals surface area (Å²) in [6.45, 7) is -1.42. The standard InChI is InChI=1S/C7H4Cl2F3NO/c8-4-1-5(6(9)13-2-4)14-3-7(10,11)12/h1-2H,3H2. The monoisotopic (exact) mass is 245 g/mol. The molecule has 2 nitrogen and oxygen atoms in total. The molecule has 0 saturated carbocycles. The Balaban J connectivity index is 2.72. The molecule has 1 heterocycles. The van der Waals surface area contributed by atoms with Gasteiger partial charge < -0.3 is 4.74 Å². The molecule has 1 aromatic heterocycles. The summed E-state index contributed by atoms with van der Waals surface area (Å²) in [6.07, 6.45) is -3.20. The molecule has 1 rings (SSSR count). The van der Waals surface area contributed by atoms with Crippen molar-refractivity contribution in [2.75, 3.05) is 6.61 Å². The van der Waals surface area contributed by atoms with E-state index in [2.05, 4.69) is 9.72 Å². The van der Waals surface area contributed by atoms with Gasteiger partial charge in [0.2, 0.25) is 0 Å². The molecule has 0 aliphatic rings. The number of nitrogens with zero attached hydrogens (tertiary/aromatic N) is 1. The van der Waals surface area contributed by atoms with Crippen LogP contribution < -0.4 is 4.74 Å². The summed E-state index contributed by atoms with van der Waals surface area (Å²) in [7, 11) is 0. The van der Waals surface area contributed by atoms with E-state index in [0.717, 1.165) is 0 Å². The largest absolute Gasteiger partial charge is 0.481 e. The number of halogens is 5. The number of hydrogen-bond donors (Lipinski definition) is 0. The van der Waals surface area contributed by atoms with E-state index in [9.17, 15) is 13.2 Å². The van der Waals surface area contributed by atoms with Gasteiger partial charge in [0.15, 0.2) is 17.5 Å². The average molecular weight is 246 g/mol. The average Bonchev–Trinajstić information content (AvgIpc) is 2.05. The van der Waals surface area contributed by atoms with E-state index in [1.807, 2.05) is 0 Å². The molecular weight excluding hydrogens is 242 g/mol. The summed E-state index contributed by atoms with van der Waals surface area (Å²) < 4.78 is 39.6. The van der Waals surface area contributed by atoms with Gasteiger partial charge in [0.05, 0.1) is 5.02 Å². The van der Waals surface area contributed by atoms with Gasteiger partial charge in [-0.25, -0.2) is 4.98 Å². The van der Waals surface area contributed by atoms with Gasteiger partial charge in [0, 0.05) is 12.3 Å². The van der Waals surface area contributed by atoms with Crippen molar-refractivity contribution in [1.82, 2.24) is 4.98 Å². The Hall–Kier alpha value is -0.680. The van der Waals surface area contributed by atoms with Crippen molar-refractivity contribution in [3.63, 3.8) is 0 Å². The van der Waals surface area contributed by atoms with Crippen molar-refractivity contribution in [2.45, 2.75) is 6.18 Å². The minimum atomic E-state index is -4.41. The van der Waals surface area contributed by atoms with Crippen LogP contribution in [0.4, 0.5) is 13.2 Å². The van der Waals surface area contributed by atoms with Crippen molar-refractivity contribution in [2.24, 2.45) is 0 Å². The van der Waals surface area contributed by atoms with E-state index in [4.69, 9.17) is 23.2 Å². The lowest BCUT2D eigenvalue weighted by atomic mass is 10.4. The number of rotatable bonds is 2. The zero-order valence-electron chi connectivity index (χ0n) is 6.61. The Morgan fingerprint density at radius 1 is 1.36 bits per heavy atom. The minimum absolute atomic E-state index is 0.154. The molecule has 0 unspecified atom stereocenters. The third kappa shape index (κ3) is 3.59. The van der Waals surface area contributed by atoms with Gasteiger partial charge in [-0.05, 0) is 0 Å². The predicted molar refractivity (Wildman–Crippen MR) is 45.8 cm³/mol. The van der Waals surface area contributed by atoms with Crippen LogP contribution in [0.25, 0.3) is 0 Å². The van der Waals surface area contributed by atoms with Gasteiger partial charge in [0.25, 0.3) is 0 Å². The molecule has 1 aromatic rings. The summed E-state index contributed by atoms with van der Waals surface area (Å²) in [6, 6.07) is 1.17. The first-order valence-corrected chi connectivity index (χ1v) is 4.15. The lowest BCUT2D eigenvalue weighted by molar-refractivity contribution is -0.153. The highest BCUT2D eigenvalue weighted by atomic mass is 35.5. The molecule has 0 aliphatic carbocycles. The molecule has 0 fully saturated rings. The molecule has 0 bridgehead atoms. The summed E-state index contributed by atoms with van der Waals surface area (Å²) in [5, 5.41) is 0.00484. The molecule has 0 atom stereocenters. The van der Waals surface area contributed by atoms with E-state index in [0.29, 0.717) is 0 Å². The molecule has 0 amide bonds. The smallest absolute Gasteiger partial charge is 0.422 e. The van der Waals surface area contributed by atoms with E-state index >= 15 is 0 Å². The first-order valence-electron chi connectivity index (χ1n) is 3.39. The molecule has 0 saturated heterocycles. The van der Waals surface area contributed by atoms with Crippen LogP contribution in [-0.2, 0) is 0 Å². The number of hydrogen-bond acceptors (Lipinski definition) is 2. The Morgan fingerprint density at radius 2 is 2.00 bits per heavy atom. The third-order valence-electron chi connectivity index (χ3n) is 1.16. The van der Waals surface area contributed by atoms with Gasteiger partial charge in [-0.3, -0.25) is 0 Å². The molecule has 0 radical (unpaired) electrons. The fourth-order valence-electron chi connectivity index (χ4n) is 0.665. The van der Waals surface area contributed by atoms with Gasteiger partial charge in [0.1, 0.15) is 0 Å². The summed E-state index contributed by atoms with van der Waals surface area (Å²) in [5.41, 5.74) is 0. The lowest BCUT2D eigenvalue weighted by Crippen LogP contribution is -2.19. The van der Waals surface area contributed by atoms with Crippen LogP contribution in [0, 0.1) is 0 Å². The van der Waals surface area contributed by atoms with Crippen molar-refractivity contribution >= 4 is 23.2 Å². The number of pyridine rings is 1. The van der Waals surface area contributed by atoms with E-state index in [1.165, 1.54) is 12.3 Å². The van der Waals surface area contributed by atoms with Gasteiger partial charge >= 0.3 is 6.18 Å². The highest BCUT2D eigenvalue weighted by Gasteiger charge is 2.28. The summed E-state index contributed by atoms with van der Waals surface area (Å²) in [5.74, 6) is -0.184. The first kappa shape index (κ1) is 11.4. The SMILES string of the molecule is FC(F)(F)COc1cc(Cl)cnc1Cl. The van der Waals surface area contributed by atoms with Crippen molar-refractivity contribution in [1.29, 1.82) is 0 Å². The minimum Gasteiger partial charge on any atom is -0.481 e. The van der Waals surface area contributed by atoms with Crippen LogP contribution in [0.15, 0.2) is 12.3 Å². The van der Waals surface area contributed by atoms with Crippen LogP contribution in [0.5, 0.6) is 5.75 Å². The molecule has 0 aliphatic heterocycles. The lowest BCUT2D eigenvalue weighted by Gasteiger charge is -2.09. The molecule has 0 N–H and O–H groups in total. The fourth-order valence-corrected chi connectivity index (χ4v) is 0.971. The van der Waals surface area contributed by atoms with E-state index in [-0.39, 0.29) is 15.9 Å². The predicted octanol–water partition coefficient (Wildman–Crippen LogP) is 3.33. The molecule has 7 heteroatoms. The third-order valence-corrected chi connectivity index (χ3v) is 1.66. The maximum absolute atomic E-state index is 11.8. The zero-order chi connectivity index (χ0) is 10.8. The molecule has 0 spiro atoms. The normalized spacial score (nSPS) is 11.5. The zero-order valence-corrected chi connectivity index (χ0v) is 8.12. The molecule has 78 valence electrons. The molecule has 14 heavy (non-hydrogen) atoms. The second kappa shape index (κ2) is 4.23. The van der Waals surface area contributed by atoms with Crippen LogP contribution in [0.1, 0.15) is 0 Å². The van der Waals surface area contributed by atoms with Crippen molar-refractivity contribution in [3.05, 3.63) is 22.4 Å². The van der Waals surface area contributed by atoms with E-state index < -0.39 is 12.8 Å². The Morgan fingerprint density at radius 3 is 2.57 bits per heavy atom. The Bertz CT molecular complexity index is 329.